The molecule has 0 radical (unpaired) electrons. The number of aliphatic carboxylic acids is 1. The molecule has 0 aliphatic rings. The first-order valence-corrected chi connectivity index (χ1v) is 5.23. The monoisotopic (exact) mass is 237 g/mol. The number of carboxylic acids is 1. The Morgan fingerprint density at radius 1 is 1.65 bits per heavy atom. The topological polar surface area (TPSA) is 84.2 Å². The molecule has 1 rings (SSSR count). The average molecular weight is 237 g/mol. The zero-order valence-electron chi connectivity index (χ0n) is 9.75. The van der Waals surface area contributed by atoms with E-state index in [1.54, 1.807) is 37.1 Å². The van der Waals surface area contributed by atoms with Crippen molar-refractivity contribution >= 4 is 18.0 Å². The van der Waals surface area contributed by atoms with E-state index < -0.39 is 17.9 Å². The van der Waals surface area contributed by atoms with Gasteiger partial charge < -0.3 is 10.4 Å². The van der Waals surface area contributed by atoms with E-state index >= 15 is 0 Å². The molecule has 1 aromatic heterocycles. The minimum atomic E-state index is -1.03. The zero-order valence-corrected chi connectivity index (χ0v) is 9.75. The van der Waals surface area contributed by atoms with Crippen molar-refractivity contribution in [3.05, 3.63) is 24.0 Å². The Morgan fingerprint density at radius 3 is 2.82 bits per heavy atom. The van der Waals surface area contributed by atoms with Crippen LogP contribution in [0.4, 0.5) is 0 Å². The molecule has 0 aliphatic heterocycles. The van der Waals surface area contributed by atoms with E-state index in [0.717, 1.165) is 5.56 Å². The quantitative estimate of drug-likeness (QED) is 0.726. The molecule has 17 heavy (non-hydrogen) atoms. The molecule has 0 bridgehead atoms. The van der Waals surface area contributed by atoms with Crippen LogP contribution in [0.1, 0.15) is 18.9 Å². The summed E-state index contributed by atoms with van der Waals surface area (Å²) in [6, 6.07) is -0.846. The van der Waals surface area contributed by atoms with Gasteiger partial charge in [0.25, 0.3) is 0 Å². The lowest BCUT2D eigenvalue weighted by Crippen LogP contribution is -2.39. The number of hydrogen-bond donors (Lipinski definition) is 2. The molecule has 0 aromatic carbocycles. The molecule has 1 atom stereocenters. The Bertz CT molecular complexity index is 437. The number of carbonyl (C=O) groups excluding carboxylic acids is 1. The van der Waals surface area contributed by atoms with Crippen LogP contribution in [0.15, 0.2) is 18.5 Å². The third-order valence-corrected chi connectivity index (χ3v) is 2.17. The Morgan fingerprint density at radius 2 is 2.35 bits per heavy atom. The standard InChI is InChI=1S/C11H15N3O3/c1-3-9(11(16)17)13-10(15)5-4-8-6-12-14(2)7-8/h4-7,9H,3H2,1-2H3,(H,13,15)(H,16,17)/t9-/m1/s1. The number of aromatic nitrogens is 2. The van der Waals surface area contributed by atoms with Gasteiger partial charge in [0.1, 0.15) is 6.04 Å². The summed E-state index contributed by atoms with van der Waals surface area (Å²) in [5, 5.41) is 15.1. The summed E-state index contributed by atoms with van der Waals surface area (Å²) in [6.45, 7) is 1.70. The molecular weight excluding hydrogens is 222 g/mol. The molecule has 6 heteroatoms. The van der Waals surface area contributed by atoms with E-state index in [4.69, 9.17) is 5.11 Å². The van der Waals surface area contributed by atoms with E-state index in [1.165, 1.54) is 6.08 Å². The summed E-state index contributed by atoms with van der Waals surface area (Å²) < 4.78 is 1.61. The van der Waals surface area contributed by atoms with Crippen molar-refractivity contribution in [3.63, 3.8) is 0 Å². The fourth-order valence-corrected chi connectivity index (χ4v) is 1.26. The second-order valence-electron chi connectivity index (χ2n) is 3.59. The second kappa shape index (κ2) is 5.83. The number of nitrogens with zero attached hydrogens (tertiary/aromatic N) is 2. The maximum atomic E-state index is 11.4. The predicted molar refractivity (Wildman–Crippen MR) is 62.1 cm³/mol. The average Bonchev–Trinajstić information content (AvgIpc) is 2.68. The first-order valence-electron chi connectivity index (χ1n) is 5.23. The van der Waals surface area contributed by atoms with Crippen molar-refractivity contribution in [2.45, 2.75) is 19.4 Å². The Balaban J connectivity index is 2.54. The molecule has 1 heterocycles. The van der Waals surface area contributed by atoms with Gasteiger partial charge >= 0.3 is 5.97 Å². The van der Waals surface area contributed by atoms with E-state index in [0.29, 0.717) is 6.42 Å². The highest BCUT2D eigenvalue weighted by Crippen LogP contribution is 1.99. The SMILES string of the molecule is CC[C@@H](NC(=O)C=Cc1cnn(C)c1)C(=O)O. The lowest BCUT2D eigenvalue weighted by atomic mass is 10.2. The van der Waals surface area contributed by atoms with Gasteiger partial charge in [0.05, 0.1) is 6.20 Å². The largest absolute Gasteiger partial charge is 0.480 e. The minimum absolute atomic E-state index is 0.349. The van der Waals surface area contributed by atoms with Crippen LogP contribution in [0.3, 0.4) is 0 Å². The summed E-state index contributed by atoms with van der Waals surface area (Å²) in [6.07, 6.45) is 6.58. The number of hydrogen-bond acceptors (Lipinski definition) is 3. The molecule has 1 aromatic rings. The van der Waals surface area contributed by atoms with Crippen LogP contribution in [0.5, 0.6) is 0 Å². The van der Waals surface area contributed by atoms with Crippen molar-refractivity contribution in [1.82, 2.24) is 15.1 Å². The van der Waals surface area contributed by atoms with Gasteiger partial charge in [-0.1, -0.05) is 6.92 Å². The Kier molecular flexibility index (Phi) is 4.45. The van der Waals surface area contributed by atoms with Crippen molar-refractivity contribution in [3.8, 4) is 0 Å². The summed E-state index contributed by atoms with van der Waals surface area (Å²) in [7, 11) is 1.77. The lowest BCUT2D eigenvalue weighted by Gasteiger charge is -2.09. The molecule has 0 fully saturated rings. The van der Waals surface area contributed by atoms with Crippen LogP contribution < -0.4 is 5.32 Å². The van der Waals surface area contributed by atoms with Crippen molar-refractivity contribution in [1.29, 1.82) is 0 Å². The summed E-state index contributed by atoms with van der Waals surface area (Å²) in [4.78, 5) is 22.1. The fourth-order valence-electron chi connectivity index (χ4n) is 1.26. The fraction of sp³-hybridized carbons (Fsp3) is 0.364. The van der Waals surface area contributed by atoms with Gasteiger partial charge in [-0.05, 0) is 12.5 Å². The highest BCUT2D eigenvalue weighted by molar-refractivity contribution is 5.94. The number of rotatable bonds is 5. The van der Waals surface area contributed by atoms with Gasteiger partial charge in [-0.3, -0.25) is 9.48 Å². The van der Waals surface area contributed by atoms with E-state index in [9.17, 15) is 9.59 Å². The molecule has 0 spiro atoms. The van der Waals surface area contributed by atoms with E-state index in [2.05, 4.69) is 10.4 Å². The van der Waals surface area contributed by atoms with Crippen molar-refractivity contribution < 1.29 is 14.7 Å². The third kappa shape index (κ3) is 4.10. The molecule has 0 aliphatic carbocycles. The predicted octanol–water partition coefficient (Wildman–Crippen LogP) is 0.413. The van der Waals surface area contributed by atoms with E-state index in [1.807, 2.05) is 0 Å². The van der Waals surface area contributed by atoms with Crippen molar-refractivity contribution in [2.75, 3.05) is 0 Å². The highest BCUT2D eigenvalue weighted by Gasteiger charge is 2.15. The number of carboxylic acid groups (broad SMARTS) is 1. The van der Waals surface area contributed by atoms with Crippen LogP contribution in [-0.4, -0.2) is 32.8 Å². The zero-order chi connectivity index (χ0) is 12.8. The second-order valence-corrected chi connectivity index (χ2v) is 3.59. The number of carbonyl (C=O) groups is 2. The van der Waals surface area contributed by atoms with Gasteiger partial charge in [-0.25, -0.2) is 4.79 Å². The minimum Gasteiger partial charge on any atom is -0.480 e. The molecule has 92 valence electrons. The molecule has 0 unspecified atom stereocenters. The maximum absolute atomic E-state index is 11.4. The van der Waals surface area contributed by atoms with Crippen LogP contribution in [0.2, 0.25) is 0 Å². The Labute approximate surface area is 98.9 Å². The molecule has 0 saturated heterocycles. The van der Waals surface area contributed by atoms with E-state index in [-0.39, 0.29) is 0 Å². The van der Waals surface area contributed by atoms with Crippen LogP contribution >= 0.6 is 0 Å². The number of aryl methyl sites for hydroxylation is 1. The first-order chi connectivity index (χ1) is 8.02. The molecule has 0 saturated carbocycles. The van der Waals surface area contributed by atoms with Gasteiger partial charge in [-0.2, -0.15) is 5.10 Å². The smallest absolute Gasteiger partial charge is 0.326 e. The third-order valence-electron chi connectivity index (χ3n) is 2.17. The van der Waals surface area contributed by atoms with Gasteiger partial charge in [0.15, 0.2) is 0 Å². The Hall–Kier alpha value is -2.11. The summed E-state index contributed by atoms with van der Waals surface area (Å²) in [5.74, 6) is -1.46. The van der Waals surface area contributed by atoms with Gasteiger partial charge in [0, 0.05) is 24.9 Å². The summed E-state index contributed by atoms with van der Waals surface area (Å²) in [5.41, 5.74) is 0.783. The lowest BCUT2D eigenvalue weighted by molar-refractivity contribution is -0.141. The van der Waals surface area contributed by atoms with Gasteiger partial charge in [-0.15, -0.1) is 0 Å². The molecule has 2 N–H and O–H groups in total. The van der Waals surface area contributed by atoms with Crippen LogP contribution in [0, 0.1) is 0 Å². The normalized spacial score (nSPS) is 12.6. The van der Waals surface area contributed by atoms with Gasteiger partial charge in [0.2, 0.25) is 5.91 Å². The summed E-state index contributed by atoms with van der Waals surface area (Å²) >= 11 is 0. The molecule has 6 nitrogen and oxygen atoms in total. The highest BCUT2D eigenvalue weighted by atomic mass is 16.4. The first kappa shape index (κ1) is 13.0. The van der Waals surface area contributed by atoms with Crippen molar-refractivity contribution in [2.24, 2.45) is 7.05 Å². The number of nitrogens with one attached hydrogen (secondary N) is 1. The van der Waals surface area contributed by atoms with Crippen LogP contribution in [-0.2, 0) is 16.6 Å². The molecule has 1 amide bonds. The number of amides is 1. The molecular formula is C11H15N3O3. The maximum Gasteiger partial charge on any atom is 0.326 e. The van der Waals surface area contributed by atoms with Crippen LogP contribution in [0.25, 0.3) is 6.08 Å².